The third-order valence-corrected chi connectivity index (χ3v) is 4.18. The Hall–Kier alpha value is -2.24. The SMILES string of the molecule is O=C(CN1C(=O)[C@H]2CCCC[C@H]2C1=O)Nc1cccnc1. The number of carbonyl (C=O) groups is 3. The highest BCUT2D eigenvalue weighted by Crippen LogP contribution is 2.37. The van der Waals surface area contributed by atoms with Crippen LogP contribution in [0.5, 0.6) is 0 Å². The van der Waals surface area contributed by atoms with Gasteiger partial charge in [-0.05, 0) is 25.0 Å². The van der Waals surface area contributed by atoms with E-state index in [9.17, 15) is 14.4 Å². The van der Waals surface area contributed by atoms with E-state index in [1.54, 1.807) is 18.3 Å². The topological polar surface area (TPSA) is 79.4 Å². The average Bonchev–Trinajstić information content (AvgIpc) is 2.74. The van der Waals surface area contributed by atoms with E-state index in [4.69, 9.17) is 0 Å². The number of carbonyl (C=O) groups excluding carboxylic acids is 3. The van der Waals surface area contributed by atoms with E-state index in [2.05, 4.69) is 10.3 Å². The lowest BCUT2D eigenvalue weighted by Crippen LogP contribution is -2.38. The first kappa shape index (κ1) is 13.7. The van der Waals surface area contributed by atoms with Gasteiger partial charge in [-0.2, -0.15) is 0 Å². The fourth-order valence-electron chi connectivity index (χ4n) is 3.17. The van der Waals surface area contributed by atoms with Crippen molar-refractivity contribution in [3.63, 3.8) is 0 Å². The van der Waals surface area contributed by atoms with Gasteiger partial charge in [-0.15, -0.1) is 0 Å². The zero-order valence-electron chi connectivity index (χ0n) is 11.6. The van der Waals surface area contributed by atoms with Crippen molar-refractivity contribution in [2.24, 2.45) is 11.8 Å². The van der Waals surface area contributed by atoms with E-state index in [1.807, 2.05) is 0 Å². The first-order chi connectivity index (χ1) is 10.2. The van der Waals surface area contributed by atoms with Crippen LogP contribution in [-0.2, 0) is 14.4 Å². The first-order valence-corrected chi connectivity index (χ1v) is 7.22. The molecular weight excluding hydrogens is 270 g/mol. The Balaban J connectivity index is 1.66. The first-order valence-electron chi connectivity index (χ1n) is 7.22. The Bertz CT molecular complexity index is 549. The molecular formula is C15H17N3O3. The van der Waals surface area contributed by atoms with Crippen molar-refractivity contribution in [1.29, 1.82) is 0 Å². The normalized spacial score (nSPS) is 24.9. The highest BCUT2D eigenvalue weighted by Gasteiger charge is 2.48. The maximum Gasteiger partial charge on any atom is 0.244 e. The second-order valence-corrected chi connectivity index (χ2v) is 5.55. The fourth-order valence-corrected chi connectivity index (χ4v) is 3.17. The fraction of sp³-hybridized carbons (Fsp3) is 0.467. The van der Waals surface area contributed by atoms with Crippen molar-refractivity contribution in [3.05, 3.63) is 24.5 Å². The van der Waals surface area contributed by atoms with Crippen molar-refractivity contribution in [2.75, 3.05) is 11.9 Å². The van der Waals surface area contributed by atoms with Gasteiger partial charge in [0, 0.05) is 6.20 Å². The second kappa shape index (κ2) is 5.63. The minimum absolute atomic E-state index is 0.189. The van der Waals surface area contributed by atoms with Crippen LogP contribution in [0.15, 0.2) is 24.5 Å². The predicted molar refractivity (Wildman–Crippen MR) is 75.0 cm³/mol. The molecule has 1 aromatic rings. The summed E-state index contributed by atoms with van der Waals surface area (Å²) in [6.45, 7) is -0.209. The lowest BCUT2D eigenvalue weighted by Gasteiger charge is -2.19. The van der Waals surface area contributed by atoms with Gasteiger partial charge in [-0.25, -0.2) is 0 Å². The van der Waals surface area contributed by atoms with E-state index in [1.165, 1.54) is 6.20 Å². The van der Waals surface area contributed by atoms with Crippen molar-refractivity contribution in [3.8, 4) is 0 Å². The van der Waals surface area contributed by atoms with Gasteiger partial charge in [-0.1, -0.05) is 12.8 Å². The van der Waals surface area contributed by atoms with Gasteiger partial charge >= 0.3 is 0 Å². The van der Waals surface area contributed by atoms with Crippen molar-refractivity contribution >= 4 is 23.4 Å². The summed E-state index contributed by atoms with van der Waals surface area (Å²) in [5.74, 6) is -1.17. The maximum absolute atomic E-state index is 12.3. The van der Waals surface area contributed by atoms with Gasteiger partial charge in [0.15, 0.2) is 0 Å². The minimum Gasteiger partial charge on any atom is -0.323 e. The third-order valence-electron chi connectivity index (χ3n) is 4.18. The van der Waals surface area contributed by atoms with Crippen LogP contribution in [0, 0.1) is 11.8 Å². The van der Waals surface area contributed by atoms with Crippen LogP contribution < -0.4 is 5.32 Å². The highest BCUT2D eigenvalue weighted by molar-refractivity contribution is 6.08. The molecule has 0 radical (unpaired) electrons. The smallest absolute Gasteiger partial charge is 0.244 e. The number of hydrogen-bond donors (Lipinski definition) is 1. The quantitative estimate of drug-likeness (QED) is 0.847. The van der Waals surface area contributed by atoms with Gasteiger partial charge < -0.3 is 5.32 Å². The molecule has 1 aliphatic heterocycles. The number of likely N-dealkylation sites (tertiary alicyclic amines) is 1. The molecule has 0 unspecified atom stereocenters. The van der Waals surface area contributed by atoms with E-state index < -0.39 is 0 Å². The largest absolute Gasteiger partial charge is 0.323 e. The lowest BCUT2D eigenvalue weighted by atomic mass is 9.81. The van der Waals surface area contributed by atoms with Crippen LogP contribution in [0.4, 0.5) is 5.69 Å². The number of rotatable bonds is 3. The summed E-state index contributed by atoms with van der Waals surface area (Å²) in [6, 6.07) is 3.41. The number of aromatic nitrogens is 1. The monoisotopic (exact) mass is 287 g/mol. The minimum atomic E-state index is -0.372. The molecule has 6 heteroatoms. The van der Waals surface area contributed by atoms with E-state index in [-0.39, 0.29) is 36.1 Å². The number of imide groups is 1. The number of pyridine rings is 1. The van der Waals surface area contributed by atoms with Crippen molar-refractivity contribution in [2.45, 2.75) is 25.7 Å². The molecule has 110 valence electrons. The summed E-state index contributed by atoms with van der Waals surface area (Å²) in [7, 11) is 0. The summed E-state index contributed by atoms with van der Waals surface area (Å²) in [4.78, 5) is 41.5. The van der Waals surface area contributed by atoms with Gasteiger partial charge in [0.05, 0.1) is 23.7 Å². The summed E-state index contributed by atoms with van der Waals surface area (Å²) in [5, 5.41) is 2.64. The number of nitrogens with one attached hydrogen (secondary N) is 1. The van der Waals surface area contributed by atoms with Crippen LogP contribution in [-0.4, -0.2) is 34.2 Å². The second-order valence-electron chi connectivity index (χ2n) is 5.55. The summed E-state index contributed by atoms with van der Waals surface area (Å²) >= 11 is 0. The molecule has 2 heterocycles. The zero-order valence-corrected chi connectivity index (χ0v) is 11.6. The summed E-state index contributed by atoms with van der Waals surface area (Å²) < 4.78 is 0. The van der Waals surface area contributed by atoms with Crippen LogP contribution in [0.1, 0.15) is 25.7 Å². The molecule has 1 saturated carbocycles. The molecule has 0 bridgehead atoms. The standard InChI is InChI=1S/C15H17N3O3/c19-13(17-10-4-3-7-16-8-10)9-18-14(20)11-5-1-2-6-12(11)15(18)21/h3-4,7-8,11-12H,1-2,5-6,9H2,(H,17,19)/t11-,12+. The van der Waals surface area contributed by atoms with Crippen LogP contribution >= 0.6 is 0 Å². The van der Waals surface area contributed by atoms with Crippen LogP contribution in [0.2, 0.25) is 0 Å². The Labute approximate surface area is 122 Å². The number of nitrogens with zero attached hydrogens (tertiary/aromatic N) is 2. The van der Waals surface area contributed by atoms with Crippen LogP contribution in [0.3, 0.4) is 0 Å². The van der Waals surface area contributed by atoms with E-state index >= 15 is 0 Å². The lowest BCUT2D eigenvalue weighted by molar-refractivity contribution is -0.142. The van der Waals surface area contributed by atoms with Gasteiger partial charge in [0.1, 0.15) is 6.54 Å². The zero-order chi connectivity index (χ0) is 14.8. The van der Waals surface area contributed by atoms with Crippen molar-refractivity contribution in [1.82, 2.24) is 9.88 Å². The third kappa shape index (κ3) is 2.66. The summed E-state index contributed by atoms with van der Waals surface area (Å²) in [6.07, 6.45) is 6.61. The number of hydrogen-bond acceptors (Lipinski definition) is 4. The molecule has 2 fully saturated rings. The molecule has 6 nitrogen and oxygen atoms in total. The molecule has 2 aliphatic rings. The Kier molecular flexibility index (Phi) is 3.68. The molecule has 1 aromatic heterocycles. The maximum atomic E-state index is 12.3. The molecule has 1 N–H and O–H groups in total. The number of fused-ring (bicyclic) bond motifs is 1. The van der Waals surface area contributed by atoms with Gasteiger partial charge in [0.25, 0.3) is 0 Å². The Morgan fingerprint density at radius 1 is 1.24 bits per heavy atom. The predicted octanol–water partition coefficient (Wildman–Crippen LogP) is 1.20. The molecule has 1 aliphatic carbocycles. The molecule has 1 saturated heterocycles. The Morgan fingerprint density at radius 3 is 2.48 bits per heavy atom. The number of amides is 3. The van der Waals surface area contributed by atoms with Gasteiger partial charge in [-0.3, -0.25) is 24.3 Å². The molecule has 0 spiro atoms. The highest BCUT2D eigenvalue weighted by atomic mass is 16.2. The van der Waals surface area contributed by atoms with E-state index in [0.29, 0.717) is 5.69 Å². The number of anilines is 1. The van der Waals surface area contributed by atoms with Crippen LogP contribution in [0.25, 0.3) is 0 Å². The van der Waals surface area contributed by atoms with E-state index in [0.717, 1.165) is 30.6 Å². The molecule has 21 heavy (non-hydrogen) atoms. The molecule has 0 aromatic carbocycles. The average molecular weight is 287 g/mol. The van der Waals surface area contributed by atoms with Gasteiger partial charge in [0.2, 0.25) is 17.7 Å². The summed E-state index contributed by atoms with van der Waals surface area (Å²) in [5.41, 5.74) is 0.555. The molecule has 3 rings (SSSR count). The van der Waals surface area contributed by atoms with Crippen molar-refractivity contribution < 1.29 is 14.4 Å². The Morgan fingerprint density at radius 2 is 1.90 bits per heavy atom. The molecule has 2 atom stereocenters. The molecule has 3 amide bonds.